The molecule has 2 amide bonds. The summed E-state index contributed by atoms with van der Waals surface area (Å²) >= 11 is 0. The van der Waals surface area contributed by atoms with E-state index in [-0.39, 0.29) is 11.8 Å². The third-order valence-corrected chi connectivity index (χ3v) is 4.91. The lowest BCUT2D eigenvalue weighted by Gasteiger charge is -2.37. The van der Waals surface area contributed by atoms with Crippen molar-refractivity contribution in [1.29, 1.82) is 0 Å². The Kier molecular flexibility index (Phi) is 6.03. The van der Waals surface area contributed by atoms with E-state index in [2.05, 4.69) is 11.8 Å². The second kappa shape index (κ2) is 7.78. The van der Waals surface area contributed by atoms with Gasteiger partial charge < -0.3 is 9.80 Å². The Hall–Kier alpha value is -1.10. The molecule has 2 aliphatic heterocycles. The van der Waals surface area contributed by atoms with Gasteiger partial charge >= 0.3 is 0 Å². The third kappa shape index (κ3) is 4.43. The lowest BCUT2D eigenvalue weighted by Crippen LogP contribution is -2.50. The molecule has 0 bridgehead atoms. The molecule has 5 heteroatoms. The topological polar surface area (TPSA) is 43.9 Å². The molecule has 0 radical (unpaired) electrons. The molecular weight excluding hydrogens is 266 g/mol. The highest BCUT2D eigenvalue weighted by Crippen LogP contribution is 2.19. The Balaban J connectivity index is 1.73. The van der Waals surface area contributed by atoms with E-state index in [1.165, 1.54) is 25.7 Å². The van der Waals surface area contributed by atoms with Crippen molar-refractivity contribution in [2.24, 2.45) is 0 Å². The summed E-state index contributed by atoms with van der Waals surface area (Å²) < 4.78 is 0. The van der Waals surface area contributed by atoms with Crippen LogP contribution in [0.25, 0.3) is 0 Å². The molecule has 120 valence electrons. The van der Waals surface area contributed by atoms with Crippen molar-refractivity contribution < 1.29 is 9.59 Å². The molecule has 0 saturated carbocycles. The van der Waals surface area contributed by atoms with Gasteiger partial charge in [-0.2, -0.15) is 0 Å². The van der Waals surface area contributed by atoms with Gasteiger partial charge in [-0.3, -0.25) is 14.5 Å². The predicted octanol–water partition coefficient (Wildman–Crippen LogP) is 1.33. The lowest BCUT2D eigenvalue weighted by molar-refractivity contribution is -0.138. The first-order chi connectivity index (χ1) is 10.1. The number of carbonyl (C=O) groups excluding carboxylic acids is 2. The molecule has 0 aromatic heterocycles. The maximum Gasteiger partial charge on any atom is 0.223 e. The van der Waals surface area contributed by atoms with Gasteiger partial charge in [0.25, 0.3) is 0 Å². The fourth-order valence-corrected chi connectivity index (χ4v) is 3.48. The fourth-order valence-electron chi connectivity index (χ4n) is 3.48. The van der Waals surface area contributed by atoms with Crippen LogP contribution in [0.1, 0.15) is 46.0 Å². The Morgan fingerprint density at radius 2 is 1.67 bits per heavy atom. The zero-order valence-corrected chi connectivity index (χ0v) is 13.5. The molecule has 1 unspecified atom stereocenters. The lowest BCUT2D eigenvalue weighted by atomic mass is 10.00. The SMILES string of the molecule is CCC1CCCCN1CCC(=O)N1CCN(C(C)=O)CC1. The minimum atomic E-state index is 0.112. The molecular formula is C16H29N3O2. The fraction of sp³-hybridized carbons (Fsp3) is 0.875. The van der Waals surface area contributed by atoms with Crippen molar-refractivity contribution >= 4 is 11.8 Å². The quantitative estimate of drug-likeness (QED) is 0.786. The van der Waals surface area contributed by atoms with E-state index in [1.807, 2.05) is 9.80 Å². The summed E-state index contributed by atoms with van der Waals surface area (Å²) in [6.07, 6.45) is 5.68. The first-order valence-corrected chi connectivity index (χ1v) is 8.39. The first kappa shape index (κ1) is 16.3. The summed E-state index contributed by atoms with van der Waals surface area (Å²) in [5.41, 5.74) is 0. The summed E-state index contributed by atoms with van der Waals surface area (Å²) in [6.45, 7) is 8.62. The number of piperidine rings is 1. The number of hydrogen-bond donors (Lipinski definition) is 0. The standard InChI is InChI=1S/C16H29N3O2/c1-3-15-6-4-5-8-18(15)9-7-16(21)19-12-10-17(11-13-19)14(2)20/h15H,3-13H2,1-2H3. The summed E-state index contributed by atoms with van der Waals surface area (Å²) in [4.78, 5) is 29.8. The van der Waals surface area contributed by atoms with E-state index in [4.69, 9.17) is 0 Å². The van der Waals surface area contributed by atoms with Crippen LogP contribution in [0.4, 0.5) is 0 Å². The Labute approximate surface area is 128 Å². The molecule has 0 aromatic rings. The minimum absolute atomic E-state index is 0.112. The minimum Gasteiger partial charge on any atom is -0.339 e. The van der Waals surface area contributed by atoms with Gasteiger partial charge in [0.2, 0.25) is 11.8 Å². The van der Waals surface area contributed by atoms with Gasteiger partial charge in [0, 0.05) is 52.1 Å². The van der Waals surface area contributed by atoms with Gasteiger partial charge in [-0.15, -0.1) is 0 Å². The Morgan fingerprint density at radius 3 is 2.29 bits per heavy atom. The van der Waals surface area contributed by atoms with Crippen molar-refractivity contribution in [3.63, 3.8) is 0 Å². The van der Waals surface area contributed by atoms with Gasteiger partial charge in [-0.25, -0.2) is 0 Å². The maximum atomic E-state index is 12.3. The molecule has 1 atom stereocenters. The van der Waals surface area contributed by atoms with Crippen LogP contribution in [0.15, 0.2) is 0 Å². The van der Waals surface area contributed by atoms with Crippen molar-refractivity contribution in [2.45, 2.75) is 52.0 Å². The van der Waals surface area contributed by atoms with Gasteiger partial charge in [0.15, 0.2) is 0 Å². The van der Waals surface area contributed by atoms with E-state index in [0.717, 1.165) is 13.1 Å². The van der Waals surface area contributed by atoms with Crippen molar-refractivity contribution in [3.8, 4) is 0 Å². The molecule has 2 aliphatic rings. The Bertz CT molecular complexity index is 365. The number of rotatable bonds is 4. The molecule has 0 N–H and O–H groups in total. The van der Waals surface area contributed by atoms with E-state index in [0.29, 0.717) is 38.6 Å². The average molecular weight is 295 g/mol. The molecule has 21 heavy (non-hydrogen) atoms. The molecule has 0 aromatic carbocycles. The second-order valence-corrected chi connectivity index (χ2v) is 6.23. The summed E-state index contributed by atoms with van der Waals surface area (Å²) in [5, 5.41) is 0. The van der Waals surface area contributed by atoms with Crippen LogP contribution < -0.4 is 0 Å². The number of piperazine rings is 1. The molecule has 0 aliphatic carbocycles. The molecule has 5 nitrogen and oxygen atoms in total. The highest BCUT2D eigenvalue weighted by Gasteiger charge is 2.25. The Morgan fingerprint density at radius 1 is 1.00 bits per heavy atom. The average Bonchev–Trinajstić information content (AvgIpc) is 2.52. The normalized spacial score (nSPS) is 24.2. The van der Waals surface area contributed by atoms with Crippen molar-refractivity contribution in [2.75, 3.05) is 39.3 Å². The third-order valence-electron chi connectivity index (χ3n) is 4.91. The molecule has 0 spiro atoms. The van der Waals surface area contributed by atoms with E-state index in [1.54, 1.807) is 6.92 Å². The number of carbonyl (C=O) groups is 2. The molecule has 2 rings (SSSR count). The summed E-state index contributed by atoms with van der Waals surface area (Å²) in [7, 11) is 0. The van der Waals surface area contributed by atoms with Crippen LogP contribution in [-0.2, 0) is 9.59 Å². The highest BCUT2D eigenvalue weighted by molar-refractivity contribution is 5.77. The largest absolute Gasteiger partial charge is 0.339 e. The number of hydrogen-bond acceptors (Lipinski definition) is 3. The first-order valence-electron chi connectivity index (χ1n) is 8.39. The van der Waals surface area contributed by atoms with Crippen LogP contribution in [0.5, 0.6) is 0 Å². The number of likely N-dealkylation sites (tertiary alicyclic amines) is 1. The molecule has 2 saturated heterocycles. The van der Waals surface area contributed by atoms with Crippen LogP contribution >= 0.6 is 0 Å². The highest BCUT2D eigenvalue weighted by atomic mass is 16.2. The maximum absolute atomic E-state index is 12.3. The second-order valence-electron chi connectivity index (χ2n) is 6.23. The smallest absolute Gasteiger partial charge is 0.223 e. The van der Waals surface area contributed by atoms with Gasteiger partial charge in [-0.1, -0.05) is 13.3 Å². The van der Waals surface area contributed by atoms with Gasteiger partial charge in [0.1, 0.15) is 0 Å². The molecule has 2 fully saturated rings. The van der Waals surface area contributed by atoms with E-state index < -0.39 is 0 Å². The van der Waals surface area contributed by atoms with Crippen LogP contribution in [0.2, 0.25) is 0 Å². The number of nitrogens with zero attached hydrogens (tertiary/aromatic N) is 3. The van der Waals surface area contributed by atoms with Crippen LogP contribution in [-0.4, -0.2) is 71.8 Å². The van der Waals surface area contributed by atoms with Crippen molar-refractivity contribution in [1.82, 2.24) is 14.7 Å². The van der Waals surface area contributed by atoms with E-state index in [9.17, 15) is 9.59 Å². The van der Waals surface area contributed by atoms with E-state index >= 15 is 0 Å². The summed E-state index contributed by atoms with van der Waals surface area (Å²) in [5.74, 6) is 0.361. The zero-order chi connectivity index (χ0) is 15.2. The van der Waals surface area contributed by atoms with Gasteiger partial charge in [0.05, 0.1) is 0 Å². The number of amides is 2. The summed E-state index contributed by atoms with van der Waals surface area (Å²) in [6, 6.07) is 0.668. The van der Waals surface area contributed by atoms with Gasteiger partial charge in [-0.05, 0) is 25.8 Å². The van der Waals surface area contributed by atoms with Crippen LogP contribution in [0, 0.1) is 0 Å². The monoisotopic (exact) mass is 295 g/mol. The molecule has 2 heterocycles. The van der Waals surface area contributed by atoms with Crippen molar-refractivity contribution in [3.05, 3.63) is 0 Å². The van der Waals surface area contributed by atoms with Crippen LogP contribution in [0.3, 0.4) is 0 Å². The predicted molar refractivity (Wildman–Crippen MR) is 83.0 cm³/mol. The zero-order valence-electron chi connectivity index (χ0n) is 13.5.